The van der Waals surface area contributed by atoms with E-state index < -0.39 is 15.8 Å². The molecule has 4 rings (SSSR count). The first-order chi connectivity index (χ1) is 13.8. The van der Waals surface area contributed by atoms with Crippen LogP contribution in [0, 0.1) is 12.7 Å². The first kappa shape index (κ1) is 18.8. The summed E-state index contributed by atoms with van der Waals surface area (Å²) in [6.45, 7) is 1.71. The summed E-state index contributed by atoms with van der Waals surface area (Å²) in [5.74, 6) is -0.176. The van der Waals surface area contributed by atoms with E-state index in [0.29, 0.717) is 22.4 Å². The molecular formula is C21H16FN3O3S. The van der Waals surface area contributed by atoms with Gasteiger partial charge in [0.05, 0.1) is 27.2 Å². The van der Waals surface area contributed by atoms with Crippen molar-refractivity contribution in [1.82, 2.24) is 9.55 Å². The van der Waals surface area contributed by atoms with Crippen LogP contribution in [-0.4, -0.2) is 18.0 Å². The highest BCUT2D eigenvalue weighted by molar-refractivity contribution is 7.92. The van der Waals surface area contributed by atoms with Crippen LogP contribution < -0.4 is 10.3 Å². The van der Waals surface area contributed by atoms with Crippen LogP contribution >= 0.6 is 0 Å². The summed E-state index contributed by atoms with van der Waals surface area (Å²) < 4.78 is 42.3. The van der Waals surface area contributed by atoms with E-state index in [9.17, 15) is 17.6 Å². The topological polar surface area (TPSA) is 81.1 Å². The van der Waals surface area contributed by atoms with Gasteiger partial charge in [-0.3, -0.25) is 14.1 Å². The molecule has 0 radical (unpaired) electrons. The van der Waals surface area contributed by atoms with Crippen LogP contribution in [-0.2, 0) is 10.0 Å². The van der Waals surface area contributed by atoms with Crippen molar-refractivity contribution in [2.75, 3.05) is 4.72 Å². The largest absolute Gasteiger partial charge is 0.280 e. The number of anilines is 1. The molecular weight excluding hydrogens is 393 g/mol. The quantitative estimate of drug-likeness (QED) is 0.558. The van der Waals surface area contributed by atoms with Gasteiger partial charge in [0.25, 0.3) is 15.6 Å². The lowest BCUT2D eigenvalue weighted by Crippen LogP contribution is -2.22. The zero-order valence-electron chi connectivity index (χ0n) is 15.3. The number of nitrogens with zero attached hydrogens (tertiary/aromatic N) is 2. The summed E-state index contributed by atoms with van der Waals surface area (Å²) in [6, 6.07) is 18.1. The molecule has 0 spiro atoms. The zero-order valence-corrected chi connectivity index (χ0v) is 16.2. The average Bonchev–Trinajstić information content (AvgIpc) is 2.68. The molecule has 0 aliphatic carbocycles. The highest BCUT2D eigenvalue weighted by Crippen LogP contribution is 2.20. The Kier molecular flexibility index (Phi) is 4.63. The van der Waals surface area contributed by atoms with Gasteiger partial charge in [-0.2, -0.15) is 0 Å². The van der Waals surface area contributed by atoms with E-state index in [1.165, 1.54) is 28.8 Å². The second-order valence-corrected chi connectivity index (χ2v) is 8.11. The maximum atomic E-state index is 13.4. The number of sulfonamides is 1. The minimum Gasteiger partial charge on any atom is -0.280 e. The van der Waals surface area contributed by atoms with Crippen LogP contribution in [0.15, 0.2) is 82.5 Å². The molecule has 29 heavy (non-hydrogen) atoms. The van der Waals surface area contributed by atoms with Gasteiger partial charge in [-0.05, 0) is 55.5 Å². The molecule has 0 saturated heterocycles. The molecule has 0 amide bonds. The smallest absolute Gasteiger partial charge is 0.265 e. The monoisotopic (exact) mass is 409 g/mol. The Hall–Kier alpha value is -3.52. The highest BCUT2D eigenvalue weighted by atomic mass is 32.2. The van der Waals surface area contributed by atoms with E-state index in [-0.39, 0.29) is 16.1 Å². The van der Waals surface area contributed by atoms with E-state index in [2.05, 4.69) is 9.71 Å². The molecule has 1 heterocycles. The summed E-state index contributed by atoms with van der Waals surface area (Å²) in [5.41, 5.74) is 1.05. The third-order valence-corrected chi connectivity index (χ3v) is 5.79. The van der Waals surface area contributed by atoms with E-state index in [4.69, 9.17) is 0 Å². The molecule has 4 aromatic rings. The van der Waals surface area contributed by atoms with Gasteiger partial charge in [0.15, 0.2) is 0 Å². The molecule has 0 atom stereocenters. The molecule has 1 aromatic heterocycles. The summed E-state index contributed by atoms with van der Waals surface area (Å²) in [4.78, 5) is 17.2. The van der Waals surface area contributed by atoms with E-state index in [0.717, 1.165) is 6.07 Å². The molecule has 8 heteroatoms. The van der Waals surface area contributed by atoms with Crippen LogP contribution in [0.2, 0.25) is 0 Å². The van der Waals surface area contributed by atoms with Gasteiger partial charge in [-0.25, -0.2) is 17.8 Å². The van der Waals surface area contributed by atoms with Crippen LogP contribution in [0.3, 0.4) is 0 Å². The Labute approximate surface area is 166 Å². The molecule has 1 N–H and O–H groups in total. The molecule has 0 saturated carbocycles. The number of rotatable bonds is 4. The third-order valence-electron chi connectivity index (χ3n) is 4.41. The Bertz CT molecular complexity index is 1400. The molecule has 146 valence electrons. The lowest BCUT2D eigenvalue weighted by Gasteiger charge is -2.13. The third kappa shape index (κ3) is 3.62. The number of halogens is 1. The second-order valence-electron chi connectivity index (χ2n) is 6.43. The molecule has 0 unspecified atom stereocenters. The van der Waals surface area contributed by atoms with Gasteiger partial charge in [-0.1, -0.05) is 24.3 Å². The van der Waals surface area contributed by atoms with Gasteiger partial charge >= 0.3 is 0 Å². The van der Waals surface area contributed by atoms with Crippen molar-refractivity contribution < 1.29 is 12.8 Å². The van der Waals surface area contributed by atoms with Crippen molar-refractivity contribution in [1.29, 1.82) is 0 Å². The van der Waals surface area contributed by atoms with Gasteiger partial charge in [0.2, 0.25) is 0 Å². The first-order valence-electron chi connectivity index (χ1n) is 8.72. The van der Waals surface area contributed by atoms with Crippen molar-refractivity contribution in [3.63, 3.8) is 0 Å². The number of hydrogen-bond acceptors (Lipinski definition) is 4. The first-order valence-corrected chi connectivity index (χ1v) is 10.2. The second kappa shape index (κ2) is 7.14. The predicted octanol–water partition coefficient (Wildman–Crippen LogP) is 3.63. The fourth-order valence-corrected chi connectivity index (χ4v) is 4.19. The van der Waals surface area contributed by atoms with Gasteiger partial charge in [-0.15, -0.1) is 0 Å². The number of para-hydroxylation sites is 1. The standard InChI is InChI=1S/C21H16FN3O3S/c1-14-23-20-11-3-2-10-19(20)21(26)25(14)17-8-5-7-16(13-17)24-29(27,28)18-9-4-6-15(22)12-18/h2-13,24H,1H3. The summed E-state index contributed by atoms with van der Waals surface area (Å²) in [6.07, 6.45) is 0. The van der Waals surface area contributed by atoms with Crippen molar-refractivity contribution in [2.24, 2.45) is 0 Å². The number of benzene rings is 3. The SMILES string of the molecule is Cc1nc2ccccc2c(=O)n1-c1cccc(NS(=O)(=O)c2cccc(F)c2)c1. The van der Waals surface area contributed by atoms with Crippen molar-refractivity contribution in [3.05, 3.63) is 94.8 Å². The Morgan fingerprint density at radius 2 is 1.72 bits per heavy atom. The van der Waals surface area contributed by atoms with Crippen molar-refractivity contribution in [3.8, 4) is 5.69 Å². The Morgan fingerprint density at radius 1 is 0.966 bits per heavy atom. The maximum Gasteiger partial charge on any atom is 0.265 e. The summed E-state index contributed by atoms with van der Waals surface area (Å²) in [7, 11) is -3.98. The van der Waals surface area contributed by atoms with Crippen LogP contribution in [0.5, 0.6) is 0 Å². The number of aryl methyl sites for hydroxylation is 1. The van der Waals surface area contributed by atoms with Crippen LogP contribution in [0.4, 0.5) is 10.1 Å². The average molecular weight is 409 g/mol. The number of nitrogens with one attached hydrogen (secondary N) is 1. The van der Waals surface area contributed by atoms with E-state index in [1.54, 1.807) is 49.4 Å². The lowest BCUT2D eigenvalue weighted by atomic mass is 10.2. The Morgan fingerprint density at radius 3 is 2.52 bits per heavy atom. The van der Waals surface area contributed by atoms with Gasteiger partial charge in [0.1, 0.15) is 11.6 Å². The molecule has 0 aliphatic heterocycles. The van der Waals surface area contributed by atoms with Crippen molar-refractivity contribution in [2.45, 2.75) is 11.8 Å². The highest BCUT2D eigenvalue weighted by Gasteiger charge is 2.16. The summed E-state index contributed by atoms with van der Waals surface area (Å²) in [5, 5.41) is 0.462. The molecule has 0 bridgehead atoms. The van der Waals surface area contributed by atoms with Crippen molar-refractivity contribution >= 4 is 26.6 Å². The van der Waals surface area contributed by atoms with Crippen LogP contribution in [0.1, 0.15) is 5.82 Å². The lowest BCUT2D eigenvalue weighted by molar-refractivity contribution is 0.595. The predicted molar refractivity (Wildman–Crippen MR) is 109 cm³/mol. The summed E-state index contributed by atoms with van der Waals surface area (Å²) >= 11 is 0. The molecule has 0 aliphatic rings. The molecule has 3 aromatic carbocycles. The number of aromatic nitrogens is 2. The van der Waals surface area contributed by atoms with Gasteiger partial charge in [0, 0.05) is 0 Å². The van der Waals surface area contributed by atoms with Gasteiger partial charge < -0.3 is 0 Å². The Balaban J connectivity index is 1.77. The number of hydrogen-bond donors (Lipinski definition) is 1. The number of fused-ring (bicyclic) bond motifs is 1. The van der Waals surface area contributed by atoms with Crippen LogP contribution in [0.25, 0.3) is 16.6 Å². The zero-order chi connectivity index (χ0) is 20.6. The van der Waals surface area contributed by atoms with E-state index in [1.807, 2.05) is 0 Å². The molecule has 6 nitrogen and oxygen atoms in total. The fourth-order valence-electron chi connectivity index (χ4n) is 3.10. The fraction of sp³-hybridized carbons (Fsp3) is 0.0476. The maximum absolute atomic E-state index is 13.4. The minimum absolute atomic E-state index is 0.191. The normalized spacial score (nSPS) is 11.5. The van der Waals surface area contributed by atoms with E-state index >= 15 is 0 Å². The minimum atomic E-state index is -3.98. The molecule has 0 fully saturated rings.